The van der Waals surface area contributed by atoms with Gasteiger partial charge in [-0.1, -0.05) is 99.1 Å². The Labute approximate surface area is 532 Å². The lowest BCUT2D eigenvalue weighted by molar-refractivity contribution is -0.201. The third-order valence-electron chi connectivity index (χ3n) is 21.1. The number of oxime groups is 1. The number of carbonyl (C=O) groups is 7. The van der Waals surface area contributed by atoms with Gasteiger partial charge in [0.05, 0.1) is 35.6 Å². The third-order valence-corrected chi connectivity index (χ3v) is 21.1. The highest BCUT2D eigenvalue weighted by atomic mass is 16.7. The Balaban J connectivity index is 0.662. The van der Waals surface area contributed by atoms with Crippen LogP contribution in [-0.2, 0) is 67.3 Å². The number of rotatable bonds is 24. The molecule has 0 spiro atoms. The van der Waals surface area contributed by atoms with Gasteiger partial charge >= 0.3 is 18.0 Å². The summed E-state index contributed by atoms with van der Waals surface area (Å²) >= 11 is 0. The predicted octanol–water partition coefficient (Wildman–Crippen LogP) is 4.49. The van der Waals surface area contributed by atoms with Crippen molar-refractivity contribution >= 4 is 52.8 Å². The topological polar surface area (TPSA) is 368 Å². The molecule has 3 amide bonds. The van der Waals surface area contributed by atoms with E-state index in [-0.39, 0.29) is 85.3 Å². The number of carboxylic acid groups (broad SMARTS) is 2. The fourth-order valence-corrected chi connectivity index (χ4v) is 16.9. The Morgan fingerprint density at radius 2 is 1.57 bits per heavy atom. The molecule has 7 saturated carbocycles. The number of alkyl carbamates (subject to hydrolysis) is 1. The maximum atomic E-state index is 14.1. The minimum absolute atomic E-state index is 0.0158. The first-order valence-electron chi connectivity index (χ1n) is 31.7. The van der Waals surface area contributed by atoms with Gasteiger partial charge in [-0.3, -0.25) is 28.8 Å². The number of fused-ring (bicyclic) bond motifs is 7. The molecule has 0 aromatic heterocycles. The zero-order valence-corrected chi connectivity index (χ0v) is 52.2. The van der Waals surface area contributed by atoms with E-state index in [9.17, 15) is 69.3 Å². The second-order valence-electron chi connectivity index (χ2n) is 27.6. The average Bonchev–Trinajstić information content (AvgIpc) is 1.25. The number of ketones is 2. The van der Waals surface area contributed by atoms with Gasteiger partial charge in [-0.05, 0) is 129 Å². The molecule has 8 fully saturated rings. The molecule has 24 heteroatoms. The minimum atomic E-state index is -1.86. The van der Waals surface area contributed by atoms with E-state index in [1.165, 1.54) is 18.2 Å². The van der Waals surface area contributed by atoms with Crippen LogP contribution in [0.4, 0.5) is 10.5 Å². The van der Waals surface area contributed by atoms with Crippen LogP contribution in [0.15, 0.2) is 95.7 Å². The van der Waals surface area contributed by atoms with E-state index in [1.807, 2.05) is 51.1 Å². The van der Waals surface area contributed by atoms with Gasteiger partial charge < -0.3 is 80.8 Å². The minimum Gasteiger partial charge on any atom is -0.485 e. The van der Waals surface area contributed by atoms with Crippen LogP contribution in [0.1, 0.15) is 127 Å². The second kappa shape index (κ2) is 25.8. The number of Topliss-reactive ketones (excluding diaryl/α,β-unsaturated/α-hetero) is 1. The zero-order chi connectivity index (χ0) is 65.8. The standard InChI is InChI=1S/C68H83N5O19/c1-35(2)70-48(61(85)86)22-37-6-11-40(12-7-37)36(3)73-89-31-55(79)69-21-19-54(78)71-47-23-39(10-17-50(47)90-51-25-45(60(83)84)57(80)59(82)58(51)81)30-88-63(87)72-67-32-66(33-67,34-67)27-38-8-13-41(14-9-38)62-91-53-26-46-44-16-15-42-24-43(75)18-20-64(42,4)56(44)49(76)28-65(46,5)68(53,92-62)52(77)29-74/h6-14,17-18,20,23-24,35,44-46,48-49,51,53,56-59,62,70,74,76,80-82H,15-16,19,21-22,25-34H2,1-5H3,(H,69,79)(H,71,78)(H,72,87)(H,83,84)(H,85,86)/b73-36-/t44-,45-,46-,48?,49-,51+,53+,56+,57+,58-,59-,62+,64-,65-,66?,67?,68+/m0/s1. The normalized spacial score (nSPS) is 34.3. The summed E-state index contributed by atoms with van der Waals surface area (Å²) < 4.78 is 25.2. The number of aliphatic hydroxyl groups is 5. The van der Waals surface area contributed by atoms with Gasteiger partial charge in [-0.15, -0.1) is 0 Å². The predicted molar refractivity (Wildman–Crippen MR) is 328 cm³/mol. The van der Waals surface area contributed by atoms with Gasteiger partial charge in [-0.25, -0.2) is 4.79 Å². The molecule has 3 aromatic carbocycles. The number of benzene rings is 3. The Hall–Kier alpha value is -7.42. The van der Waals surface area contributed by atoms with Crippen LogP contribution in [0.3, 0.4) is 0 Å². The van der Waals surface area contributed by atoms with Gasteiger partial charge in [0.2, 0.25) is 5.91 Å². The van der Waals surface area contributed by atoms with Gasteiger partial charge in [-0.2, -0.15) is 0 Å². The molecule has 3 aromatic rings. The second-order valence-corrected chi connectivity index (χ2v) is 27.6. The molecule has 0 radical (unpaired) electrons. The number of aliphatic carboxylic acids is 2. The number of hydrogen-bond donors (Lipinski definition) is 11. The average molecular weight is 1270 g/mol. The number of nitrogens with zero attached hydrogens (tertiary/aromatic N) is 1. The Bertz CT molecular complexity index is 3440. The summed E-state index contributed by atoms with van der Waals surface area (Å²) in [6.07, 6.45) is 0.450. The Morgan fingerprint density at radius 3 is 2.25 bits per heavy atom. The van der Waals surface area contributed by atoms with E-state index in [1.54, 1.807) is 43.3 Å². The lowest BCUT2D eigenvalue weighted by Gasteiger charge is -2.70. The van der Waals surface area contributed by atoms with Crippen molar-refractivity contribution in [3.8, 4) is 5.75 Å². The highest BCUT2D eigenvalue weighted by molar-refractivity contribution is 6.01. The third kappa shape index (κ3) is 12.6. The maximum Gasteiger partial charge on any atom is 0.407 e. The molecular weight excluding hydrogens is 1190 g/mol. The van der Waals surface area contributed by atoms with Crippen LogP contribution in [-0.4, -0.2) is 162 Å². The number of carbonyl (C=O) groups excluding carboxylic acids is 5. The highest BCUT2D eigenvalue weighted by Gasteiger charge is 2.76. The van der Waals surface area contributed by atoms with Crippen LogP contribution < -0.4 is 26.0 Å². The van der Waals surface area contributed by atoms with Crippen molar-refractivity contribution in [3.05, 3.63) is 118 Å². The van der Waals surface area contributed by atoms with Crippen LogP contribution in [0.25, 0.3) is 0 Å². The van der Waals surface area contributed by atoms with E-state index in [4.69, 9.17) is 23.8 Å². The number of carboxylic acids is 2. The fourth-order valence-electron chi connectivity index (χ4n) is 16.9. The number of amides is 3. The van der Waals surface area contributed by atoms with E-state index in [2.05, 4.69) is 33.3 Å². The van der Waals surface area contributed by atoms with Crippen LogP contribution in [0.2, 0.25) is 0 Å². The number of hydrogen-bond acceptors (Lipinski definition) is 19. The zero-order valence-electron chi connectivity index (χ0n) is 52.2. The molecule has 1 saturated heterocycles. The van der Waals surface area contributed by atoms with Gasteiger partial charge in [0, 0.05) is 53.3 Å². The summed E-state index contributed by atoms with van der Waals surface area (Å²) in [5.41, 5.74) is 1.93. The molecule has 15 atom stereocenters. The summed E-state index contributed by atoms with van der Waals surface area (Å²) in [7, 11) is 0. The van der Waals surface area contributed by atoms with Crippen molar-refractivity contribution < 1.29 is 93.1 Å². The first-order valence-corrected chi connectivity index (χ1v) is 31.7. The molecule has 92 heavy (non-hydrogen) atoms. The molecule has 12 rings (SSSR count). The monoisotopic (exact) mass is 1270 g/mol. The maximum absolute atomic E-state index is 14.1. The van der Waals surface area contributed by atoms with Crippen molar-refractivity contribution in [3.63, 3.8) is 0 Å². The SMILES string of the molecule is C/C(=N/OCC(=O)NCCC(=O)Nc1cc(COC(=O)NC23CC(Cc4ccc([C@@H]5O[C@@H]6C[C@H]7[C@@H]8CCC9=CC(=O)C=C[C@]9(C)[C@H]8[C@@H](O)C[C@]7(C)[C@]6(C(=O)CO)O5)cc4)(C2)C3)ccc1O[C@@H]1C[C@H](C(=O)O)[C@@H](O)[C@H](O)[C@H]1O)c1ccc(CC(NC(C)C)C(=O)O)cc1. The van der Waals surface area contributed by atoms with E-state index < -0.39 is 126 Å². The number of anilines is 1. The van der Waals surface area contributed by atoms with Crippen molar-refractivity contribution in [2.45, 2.75) is 178 Å². The molecule has 24 nitrogen and oxygen atoms in total. The lowest BCUT2D eigenvalue weighted by Crippen LogP contribution is -2.75. The Morgan fingerprint density at radius 1 is 0.859 bits per heavy atom. The van der Waals surface area contributed by atoms with E-state index in [0.717, 1.165) is 54.4 Å². The number of allylic oxidation sites excluding steroid dienone is 4. The van der Waals surface area contributed by atoms with Gasteiger partial charge in [0.15, 0.2) is 30.1 Å². The molecule has 494 valence electrons. The first kappa shape index (κ1) is 66.1. The summed E-state index contributed by atoms with van der Waals surface area (Å²) in [6, 6.07) is 18.7. The smallest absolute Gasteiger partial charge is 0.407 e. The van der Waals surface area contributed by atoms with Crippen LogP contribution in [0, 0.1) is 39.9 Å². The van der Waals surface area contributed by atoms with E-state index in [0.29, 0.717) is 29.7 Å². The summed E-state index contributed by atoms with van der Waals surface area (Å²) in [4.78, 5) is 94.9. The molecule has 1 unspecified atom stereocenters. The quantitative estimate of drug-likeness (QED) is 0.0434. The summed E-state index contributed by atoms with van der Waals surface area (Å²) in [6.45, 7) is 7.94. The number of aliphatic hydroxyl groups excluding tert-OH is 5. The number of nitrogens with one attached hydrogen (secondary N) is 4. The van der Waals surface area contributed by atoms with E-state index >= 15 is 0 Å². The van der Waals surface area contributed by atoms with Crippen molar-refractivity contribution in [1.29, 1.82) is 0 Å². The Kier molecular flexibility index (Phi) is 18.5. The highest BCUT2D eigenvalue weighted by Crippen LogP contribution is 2.71. The molecule has 2 bridgehead atoms. The molecule has 9 aliphatic rings. The van der Waals surface area contributed by atoms with Crippen molar-refractivity contribution in [1.82, 2.24) is 16.0 Å². The van der Waals surface area contributed by atoms with Gasteiger partial charge in [0.1, 0.15) is 43.3 Å². The number of ether oxygens (including phenoxy) is 4. The summed E-state index contributed by atoms with van der Waals surface area (Å²) in [5.74, 6) is -5.70. The van der Waals surface area contributed by atoms with Crippen molar-refractivity contribution in [2.75, 3.05) is 25.1 Å². The molecule has 1 heterocycles. The molecule has 1 aliphatic heterocycles. The molecule has 8 aliphatic carbocycles. The molecule has 11 N–H and O–H groups in total. The van der Waals surface area contributed by atoms with Crippen LogP contribution >= 0.6 is 0 Å². The van der Waals surface area contributed by atoms with Gasteiger partial charge in [0.25, 0.3) is 5.91 Å². The van der Waals surface area contributed by atoms with Crippen molar-refractivity contribution in [2.24, 2.45) is 45.1 Å². The molecular formula is C68H83N5O19. The van der Waals surface area contributed by atoms with Crippen LogP contribution in [0.5, 0.6) is 5.75 Å². The largest absolute Gasteiger partial charge is 0.485 e. The lowest BCUT2D eigenvalue weighted by atomic mass is 9.38. The first-order chi connectivity index (χ1) is 43.7. The fraction of sp³-hybridized carbons (Fsp3) is 0.559. The summed E-state index contributed by atoms with van der Waals surface area (Å²) in [5, 5.41) is 88.9.